The van der Waals surface area contributed by atoms with Gasteiger partial charge in [-0.1, -0.05) is 6.07 Å². The lowest BCUT2D eigenvalue weighted by Gasteiger charge is -2.32. The molecule has 1 fully saturated rings. The van der Waals surface area contributed by atoms with Crippen LogP contribution in [-0.4, -0.2) is 63.4 Å². The van der Waals surface area contributed by atoms with E-state index in [4.69, 9.17) is 5.73 Å². The number of carbonyl (C=O) groups is 4. The number of hydrogen-bond donors (Lipinski definition) is 3. The van der Waals surface area contributed by atoms with Gasteiger partial charge in [0.15, 0.2) is 11.5 Å². The molecule has 2 rings (SSSR count). The molecule has 10 nitrogen and oxygen atoms in total. The first kappa shape index (κ1) is 18.0. The maximum absolute atomic E-state index is 12.3. The van der Waals surface area contributed by atoms with E-state index < -0.39 is 41.3 Å². The third-order valence-corrected chi connectivity index (χ3v) is 3.80. The predicted octanol–water partition coefficient (Wildman–Crippen LogP) is -0.651. The maximum Gasteiger partial charge on any atom is 0.325 e. The molecule has 10 heteroatoms. The summed E-state index contributed by atoms with van der Waals surface area (Å²) in [5.74, 6) is -3.98. The van der Waals surface area contributed by atoms with Gasteiger partial charge in [-0.2, -0.15) is 0 Å². The Balaban J connectivity index is 2.18. The SMILES string of the molecule is CCN1CCN(C(=O)NC(C([NH])=O)c2ccc(O)c(O)c2)C(=O)C1=O. The Morgan fingerprint density at radius 2 is 1.88 bits per heavy atom. The molecule has 1 radical (unpaired) electrons. The number of imide groups is 1. The van der Waals surface area contributed by atoms with Gasteiger partial charge in [0.25, 0.3) is 5.91 Å². The summed E-state index contributed by atoms with van der Waals surface area (Å²) in [5.41, 5.74) is 7.33. The molecule has 1 saturated heterocycles. The first-order valence-corrected chi connectivity index (χ1v) is 7.44. The Labute approximate surface area is 142 Å². The molecular weight excluding hydrogens is 332 g/mol. The first-order chi connectivity index (χ1) is 11.8. The van der Waals surface area contributed by atoms with Crippen LogP contribution in [0.3, 0.4) is 0 Å². The quantitative estimate of drug-likeness (QED) is 0.485. The highest BCUT2D eigenvalue weighted by molar-refractivity contribution is 6.38. The van der Waals surface area contributed by atoms with Crippen LogP contribution < -0.4 is 11.1 Å². The topological polar surface area (TPSA) is 151 Å². The Morgan fingerprint density at radius 3 is 2.44 bits per heavy atom. The van der Waals surface area contributed by atoms with E-state index in [-0.39, 0.29) is 18.7 Å². The first-order valence-electron chi connectivity index (χ1n) is 7.44. The predicted molar refractivity (Wildman–Crippen MR) is 83.1 cm³/mol. The molecule has 1 atom stereocenters. The van der Waals surface area contributed by atoms with E-state index in [1.807, 2.05) is 0 Å². The summed E-state index contributed by atoms with van der Waals surface area (Å²) in [4.78, 5) is 49.6. The fraction of sp³-hybridized carbons (Fsp3) is 0.333. The van der Waals surface area contributed by atoms with Crippen molar-refractivity contribution in [2.45, 2.75) is 13.0 Å². The number of amides is 5. The van der Waals surface area contributed by atoms with Gasteiger partial charge in [0.1, 0.15) is 6.04 Å². The van der Waals surface area contributed by atoms with Crippen LogP contribution in [0.25, 0.3) is 0 Å². The van der Waals surface area contributed by atoms with Gasteiger partial charge in [0, 0.05) is 19.6 Å². The third kappa shape index (κ3) is 3.62. The molecule has 1 heterocycles. The van der Waals surface area contributed by atoms with Crippen LogP contribution >= 0.6 is 0 Å². The standard InChI is InChI=1S/C15H17N4O6/c1-2-18-5-6-19(14(24)13(18)23)15(25)17-11(12(16)22)8-3-4-9(20)10(21)7-8/h3-4,7,11,16,20-21H,2,5-6H2,1H3,(H,17,25). The van der Waals surface area contributed by atoms with Crippen molar-refractivity contribution in [1.82, 2.24) is 20.9 Å². The zero-order valence-electron chi connectivity index (χ0n) is 13.4. The van der Waals surface area contributed by atoms with Crippen LogP contribution in [0.1, 0.15) is 18.5 Å². The zero-order chi connectivity index (χ0) is 18.7. The minimum atomic E-state index is -1.47. The molecule has 4 N–H and O–H groups in total. The van der Waals surface area contributed by atoms with E-state index >= 15 is 0 Å². The van der Waals surface area contributed by atoms with E-state index in [2.05, 4.69) is 5.32 Å². The normalized spacial score (nSPS) is 15.9. The molecule has 0 aliphatic carbocycles. The van der Waals surface area contributed by atoms with Gasteiger partial charge in [0.05, 0.1) is 0 Å². The summed E-state index contributed by atoms with van der Waals surface area (Å²) in [5, 5.41) is 21.0. The van der Waals surface area contributed by atoms with Gasteiger partial charge in [-0.15, -0.1) is 0 Å². The fourth-order valence-electron chi connectivity index (χ4n) is 2.39. The van der Waals surface area contributed by atoms with Crippen LogP contribution in [-0.2, 0) is 14.4 Å². The van der Waals surface area contributed by atoms with Crippen LogP contribution in [0.4, 0.5) is 4.79 Å². The van der Waals surface area contributed by atoms with Crippen LogP contribution in [0, 0.1) is 0 Å². The molecule has 1 aliphatic rings. The molecule has 25 heavy (non-hydrogen) atoms. The number of likely N-dealkylation sites (N-methyl/N-ethyl adjacent to an activating group) is 1. The lowest BCUT2D eigenvalue weighted by Crippen LogP contribution is -2.58. The van der Waals surface area contributed by atoms with Crippen LogP contribution in [0.5, 0.6) is 11.5 Å². The van der Waals surface area contributed by atoms with Gasteiger partial charge in [-0.3, -0.25) is 25.0 Å². The maximum atomic E-state index is 12.3. The highest BCUT2D eigenvalue weighted by Crippen LogP contribution is 2.28. The van der Waals surface area contributed by atoms with E-state index in [1.54, 1.807) is 6.92 Å². The zero-order valence-corrected chi connectivity index (χ0v) is 13.4. The van der Waals surface area contributed by atoms with Gasteiger partial charge in [-0.05, 0) is 24.6 Å². The van der Waals surface area contributed by atoms with Crippen molar-refractivity contribution in [3.8, 4) is 11.5 Å². The Bertz CT molecular complexity index is 735. The molecule has 0 aromatic heterocycles. The number of benzene rings is 1. The number of phenolic OH excluding ortho intramolecular Hbond substituents is 2. The Morgan fingerprint density at radius 1 is 1.20 bits per heavy atom. The van der Waals surface area contributed by atoms with Gasteiger partial charge in [0.2, 0.25) is 0 Å². The minimum Gasteiger partial charge on any atom is -0.504 e. The van der Waals surface area contributed by atoms with Crippen molar-refractivity contribution in [3.63, 3.8) is 0 Å². The van der Waals surface area contributed by atoms with Crippen molar-refractivity contribution in [2.24, 2.45) is 0 Å². The monoisotopic (exact) mass is 349 g/mol. The van der Waals surface area contributed by atoms with Gasteiger partial charge >= 0.3 is 17.8 Å². The van der Waals surface area contributed by atoms with E-state index in [1.165, 1.54) is 11.0 Å². The van der Waals surface area contributed by atoms with E-state index in [9.17, 15) is 29.4 Å². The summed E-state index contributed by atoms with van der Waals surface area (Å²) in [7, 11) is 0. The number of hydrogen-bond acceptors (Lipinski definition) is 6. The van der Waals surface area contributed by atoms with Crippen molar-refractivity contribution in [3.05, 3.63) is 23.8 Å². The van der Waals surface area contributed by atoms with Crippen molar-refractivity contribution in [1.29, 1.82) is 0 Å². The van der Waals surface area contributed by atoms with E-state index in [0.717, 1.165) is 12.1 Å². The Hall–Kier alpha value is -3.30. The number of nitrogens with zero attached hydrogens (tertiary/aromatic N) is 2. The number of aromatic hydroxyl groups is 2. The summed E-state index contributed by atoms with van der Waals surface area (Å²) in [6.45, 7) is 2.17. The highest BCUT2D eigenvalue weighted by atomic mass is 16.3. The number of nitrogens with one attached hydrogen (secondary N) is 2. The van der Waals surface area contributed by atoms with Gasteiger partial charge < -0.3 is 20.4 Å². The van der Waals surface area contributed by atoms with Crippen LogP contribution in [0.15, 0.2) is 18.2 Å². The Kier molecular flexibility index (Phi) is 5.11. The molecule has 1 unspecified atom stereocenters. The van der Waals surface area contributed by atoms with Gasteiger partial charge in [-0.25, -0.2) is 4.79 Å². The molecule has 0 bridgehead atoms. The van der Waals surface area contributed by atoms with E-state index in [0.29, 0.717) is 11.4 Å². The lowest BCUT2D eigenvalue weighted by atomic mass is 10.1. The highest BCUT2D eigenvalue weighted by Gasteiger charge is 2.36. The summed E-state index contributed by atoms with van der Waals surface area (Å²) < 4.78 is 0. The second-order valence-corrected chi connectivity index (χ2v) is 5.34. The van der Waals surface area contributed by atoms with Crippen LogP contribution in [0.2, 0.25) is 0 Å². The summed E-state index contributed by atoms with van der Waals surface area (Å²) >= 11 is 0. The fourth-order valence-corrected chi connectivity index (χ4v) is 2.39. The van der Waals surface area contributed by atoms with Crippen molar-refractivity contribution < 1.29 is 29.4 Å². The van der Waals surface area contributed by atoms with Crippen molar-refractivity contribution in [2.75, 3.05) is 19.6 Å². The molecular formula is C15H17N4O6. The average molecular weight is 349 g/mol. The molecule has 1 aromatic carbocycles. The number of piperazine rings is 1. The molecule has 1 aromatic rings. The smallest absolute Gasteiger partial charge is 0.325 e. The second-order valence-electron chi connectivity index (χ2n) is 5.34. The number of phenols is 2. The number of urea groups is 1. The lowest BCUT2D eigenvalue weighted by molar-refractivity contribution is -0.153. The summed E-state index contributed by atoms with van der Waals surface area (Å²) in [6, 6.07) is 0.906. The average Bonchev–Trinajstić information content (AvgIpc) is 2.57. The number of rotatable bonds is 4. The molecule has 5 amide bonds. The molecule has 133 valence electrons. The number of carbonyl (C=O) groups excluding carboxylic acids is 4. The third-order valence-electron chi connectivity index (χ3n) is 3.80. The molecule has 0 spiro atoms. The summed E-state index contributed by atoms with van der Waals surface area (Å²) in [6.07, 6.45) is 0. The second kappa shape index (κ2) is 7.07. The van der Waals surface area contributed by atoms with Crippen molar-refractivity contribution >= 4 is 23.8 Å². The molecule has 1 aliphatic heterocycles. The minimum absolute atomic E-state index is 0.0377. The largest absolute Gasteiger partial charge is 0.504 e. The molecule has 0 saturated carbocycles.